The maximum Gasteiger partial charge on any atom is 0.407 e. The molecule has 0 spiro atoms. The average Bonchev–Trinajstić information content (AvgIpc) is 3.41. The number of rotatable bonds is 5. The third-order valence-electron chi connectivity index (χ3n) is 5.11. The first kappa shape index (κ1) is 20.8. The topological polar surface area (TPSA) is 97.1 Å². The Labute approximate surface area is 184 Å². The molecule has 0 bridgehead atoms. The number of alkyl carbamates (subject to hydrolysis) is 1. The lowest BCUT2D eigenvalue weighted by Crippen LogP contribution is -2.26. The molecule has 1 atom stereocenters. The molecule has 2 aromatic carbocycles. The molecule has 0 radical (unpaired) electrons. The van der Waals surface area contributed by atoms with Gasteiger partial charge in [0.15, 0.2) is 0 Å². The molecular formula is C23H22N4O3S. The Balaban J connectivity index is 1.64. The van der Waals surface area contributed by atoms with Gasteiger partial charge >= 0.3 is 6.09 Å². The zero-order valence-corrected chi connectivity index (χ0v) is 18.3. The molecule has 1 amide bonds. The van der Waals surface area contributed by atoms with Crippen molar-refractivity contribution in [1.29, 1.82) is 5.26 Å². The molecule has 1 N–H and O–H groups in total. The molecule has 1 heterocycles. The molecule has 7 nitrogen and oxygen atoms in total. The first-order valence-corrected chi connectivity index (χ1v) is 10.8. The van der Waals surface area contributed by atoms with E-state index in [1.54, 1.807) is 12.1 Å². The summed E-state index contributed by atoms with van der Waals surface area (Å²) < 4.78 is 10.4. The number of nitriles is 1. The van der Waals surface area contributed by atoms with Crippen LogP contribution in [0.4, 0.5) is 4.79 Å². The zero-order chi connectivity index (χ0) is 22.0. The molecule has 8 heteroatoms. The summed E-state index contributed by atoms with van der Waals surface area (Å²) in [5, 5.41) is 22.7. The number of carbonyl (C=O) groups excluding carboxylic acids is 1. The summed E-state index contributed by atoms with van der Waals surface area (Å²) in [5.41, 5.74) is 4.58. The van der Waals surface area contributed by atoms with Gasteiger partial charge < -0.3 is 14.8 Å². The van der Waals surface area contributed by atoms with Gasteiger partial charge in [-0.25, -0.2) is 4.79 Å². The molecule has 0 saturated heterocycles. The second-order valence-corrected chi connectivity index (χ2v) is 8.48. The van der Waals surface area contributed by atoms with E-state index in [4.69, 9.17) is 9.47 Å². The van der Waals surface area contributed by atoms with E-state index in [0.29, 0.717) is 11.3 Å². The fraction of sp³-hybridized carbons (Fsp3) is 0.304. The third kappa shape index (κ3) is 4.23. The molecule has 0 aliphatic heterocycles. The van der Waals surface area contributed by atoms with E-state index >= 15 is 0 Å². The molecule has 3 aromatic rings. The van der Waals surface area contributed by atoms with Crippen LogP contribution in [0.25, 0.3) is 21.1 Å². The highest BCUT2D eigenvalue weighted by atomic mass is 32.1. The second kappa shape index (κ2) is 8.74. The van der Waals surface area contributed by atoms with Crippen LogP contribution in [0.2, 0.25) is 0 Å². The number of carbonyl (C=O) groups is 1. The number of hydrogen-bond donors (Lipinski definition) is 1. The average molecular weight is 435 g/mol. The van der Waals surface area contributed by atoms with Crippen LogP contribution in [0, 0.1) is 11.3 Å². The van der Waals surface area contributed by atoms with E-state index in [0.717, 1.165) is 39.5 Å². The molecule has 1 aliphatic rings. The van der Waals surface area contributed by atoms with E-state index in [2.05, 4.69) is 21.6 Å². The molecular weight excluding hydrogens is 412 g/mol. The van der Waals surface area contributed by atoms with Crippen molar-refractivity contribution in [3.8, 4) is 33.0 Å². The summed E-state index contributed by atoms with van der Waals surface area (Å²) in [4.78, 5) is 11.6. The first-order valence-electron chi connectivity index (χ1n) is 10.0. The number of amides is 1. The first-order chi connectivity index (χ1) is 15.0. The molecule has 1 aliphatic carbocycles. The summed E-state index contributed by atoms with van der Waals surface area (Å²) in [7, 11) is 1.36. The predicted octanol–water partition coefficient (Wildman–Crippen LogP) is 4.87. The van der Waals surface area contributed by atoms with Crippen LogP contribution < -0.4 is 10.1 Å². The molecule has 4 rings (SSSR count). The van der Waals surface area contributed by atoms with Crippen LogP contribution in [0.15, 0.2) is 36.4 Å². The van der Waals surface area contributed by atoms with E-state index in [-0.39, 0.29) is 12.1 Å². The van der Waals surface area contributed by atoms with E-state index in [1.807, 2.05) is 38.1 Å². The van der Waals surface area contributed by atoms with Crippen LogP contribution in [0.5, 0.6) is 5.75 Å². The van der Waals surface area contributed by atoms with Crippen molar-refractivity contribution in [1.82, 2.24) is 15.5 Å². The second-order valence-electron chi connectivity index (χ2n) is 7.50. The minimum atomic E-state index is -0.431. The van der Waals surface area contributed by atoms with Gasteiger partial charge in [-0.1, -0.05) is 29.5 Å². The maximum absolute atomic E-state index is 11.6. The fourth-order valence-corrected chi connectivity index (χ4v) is 4.65. The number of benzene rings is 2. The molecule has 0 fully saturated rings. The van der Waals surface area contributed by atoms with Gasteiger partial charge in [-0.3, -0.25) is 0 Å². The van der Waals surface area contributed by atoms with Gasteiger partial charge in [0.1, 0.15) is 21.8 Å². The normalized spacial score (nSPS) is 14.7. The van der Waals surface area contributed by atoms with Gasteiger partial charge in [0, 0.05) is 11.1 Å². The highest BCUT2D eigenvalue weighted by molar-refractivity contribution is 7.17. The van der Waals surface area contributed by atoms with Crippen molar-refractivity contribution in [3.05, 3.63) is 53.1 Å². The largest absolute Gasteiger partial charge is 0.490 e. The number of aromatic nitrogens is 2. The smallest absolute Gasteiger partial charge is 0.407 e. The lowest BCUT2D eigenvalue weighted by atomic mass is 10.0. The van der Waals surface area contributed by atoms with Gasteiger partial charge in [0.05, 0.1) is 24.8 Å². The van der Waals surface area contributed by atoms with Gasteiger partial charge in [-0.05, 0) is 56.0 Å². The number of ether oxygens (including phenoxy) is 2. The monoisotopic (exact) mass is 434 g/mol. The van der Waals surface area contributed by atoms with Gasteiger partial charge in [0.2, 0.25) is 0 Å². The number of nitrogens with one attached hydrogen (secondary N) is 1. The van der Waals surface area contributed by atoms with Crippen LogP contribution in [-0.2, 0) is 11.2 Å². The summed E-state index contributed by atoms with van der Waals surface area (Å²) in [6, 6.07) is 13.6. The van der Waals surface area contributed by atoms with Crippen molar-refractivity contribution in [3.63, 3.8) is 0 Å². The number of hydrogen-bond acceptors (Lipinski definition) is 7. The van der Waals surface area contributed by atoms with Crippen LogP contribution >= 0.6 is 11.3 Å². The Kier molecular flexibility index (Phi) is 5.87. The number of nitrogens with zero attached hydrogens (tertiary/aromatic N) is 3. The quantitative estimate of drug-likeness (QED) is 0.615. The Hall–Kier alpha value is -3.44. The lowest BCUT2D eigenvalue weighted by Gasteiger charge is -2.13. The van der Waals surface area contributed by atoms with E-state index in [1.165, 1.54) is 24.0 Å². The van der Waals surface area contributed by atoms with E-state index < -0.39 is 6.09 Å². The van der Waals surface area contributed by atoms with Crippen molar-refractivity contribution in [2.24, 2.45) is 0 Å². The highest BCUT2D eigenvalue weighted by Gasteiger charge is 2.27. The van der Waals surface area contributed by atoms with Crippen LogP contribution in [0.1, 0.15) is 43.0 Å². The molecule has 0 saturated carbocycles. The third-order valence-corrected chi connectivity index (χ3v) is 6.12. The Morgan fingerprint density at radius 2 is 2.06 bits per heavy atom. The van der Waals surface area contributed by atoms with Gasteiger partial charge in [-0.2, -0.15) is 5.26 Å². The summed E-state index contributed by atoms with van der Waals surface area (Å²) in [5.74, 6) is 0.566. The fourth-order valence-electron chi connectivity index (χ4n) is 3.76. The predicted molar refractivity (Wildman–Crippen MR) is 118 cm³/mol. The highest BCUT2D eigenvalue weighted by Crippen LogP contribution is 2.40. The van der Waals surface area contributed by atoms with Crippen molar-refractivity contribution in [2.75, 3.05) is 7.11 Å². The van der Waals surface area contributed by atoms with Crippen molar-refractivity contribution >= 4 is 17.4 Å². The minimum Gasteiger partial charge on any atom is -0.490 e. The summed E-state index contributed by atoms with van der Waals surface area (Å²) in [6.07, 6.45) is 1.22. The molecule has 0 unspecified atom stereocenters. The van der Waals surface area contributed by atoms with Crippen molar-refractivity contribution in [2.45, 2.75) is 38.8 Å². The molecule has 31 heavy (non-hydrogen) atoms. The minimum absolute atomic E-state index is 0.0104. The SMILES string of the molecule is COC(=O)N[C@H]1CCc2c(-c3nnc(-c4ccc(OC(C)C)c(C#N)c4)s3)cccc21. The van der Waals surface area contributed by atoms with Gasteiger partial charge in [-0.15, -0.1) is 10.2 Å². The summed E-state index contributed by atoms with van der Waals surface area (Å²) >= 11 is 1.48. The standard InChI is InChI=1S/C23H22N4O3S/c1-13(2)30-20-10-7-14(11-15(20)12-24)21-26-27-22(31-21)18-6-4-5-17-16(18)8-9-19(17)25-23(28)29-3/h4-7,10-11,13,19H,8-9H2,1-3H3,(H,25,28)/t19-/m0/s1. The van der Waals surface area contributed by atoms with Crippen LogP contribution in [0.3, 0.4) is 0 Å². The van der Waals surface area contributed by atoms with Crippen molar-refractivity contribution < 1.29 is 14.3 Å². The zero-order valence-electron chi connectivity index (χ0n) is 17.5. The lowest BCUT2D eigenvalue weighted by molar-refractivity contribution is 0.166. The Morgan fingerprint density at radius 3 is 2.81 bits per heavy atom. The maximum atomic E-state index is 11.6. The van der Waals surface area contributed by atoms with Gasteiger partial charge in [0.25, 0.3) is 0 Å². The Bertz CT molecular complexity index is 1170. The van der Waals surface area contributed by atoms with Crippen LogP contribution in [-0.4, -0.2) is 29.5 Å². The molecule has 158 valence electrons. The Morgan fingerprint density at radius 1 is 1.26 bits per heavy atom. The number of fused-ring (bicyclic) bond motifs is 1. The number of methoxy groups -OCH3 is 1. The van der Waals surface area contributed by atoms with E-state index in [9.17, 15) is 10.1 Å². The summed E-state index contributed by atoms with van der Waals surface area (Å²) in [6.45, 7) is 3.85. The molecule has 1 aromatic heterocycles.